The summed E-state index contributed by atoms with van der Waals surface area (Å²) in [7, 11) is 0. The lowest BCUT2D eigenvalue weighted by atomic mass is 10.1. The number of aryl methyl sites for hydroxylation is 1. The first kappa shape index (κ1) is 8.92. The number of hydrogen-bond donors (Lipinski definition) is 0. The molecule has 0 fully saturated rings. The number of nitrogens with zero attached hydrogens (tertiary/aromatic N) is 1. The largest absolute Gasteiger partial charge is 0.298 e. The number of carbonyl (C=O) groups is 1. The quantitative estimate of drug-likeness (QED) is 0.665. The van der Waals surface area contributed by atoms with Gasteiger partial charge in [0, 0.05) is 5.56 Å². The van der Waals surface area contributed by atoms with Gasteiger partial charge in [-0.3, -0.25) is 4.79 Å². The van der Waals surface area contributed by atoms with Crippen LogP contribution in [-0.4, -0.2) is 6.29 Å². The number of thiophene rings is 1. The van der Waals surface area contributed by atoms with Gasteiger partial charge in [-0.15, -0.1) is 11.3 Å². The molecule has 0 atom stereocenters. The van der Waals surface area contributed by atoms with E-state index in [-0.39, 0.29) is 0 Å². The lowest BCUT2D eigenvalue weighted by Gasteiger charge is -1.97. The van der Waals surface area contributed by atoms with E-state index in [1.54, 1.807) is 6.07 Å². The van der Waals surface area contributed by atoms with Gasteiger partial charge in [0.2, 0.25) is 0 Å². The highest BCUT2D eigenvalue weighted by molar-refractivity contribution is 7.17. The first-order valence-electron chi connectivity index (χ1n) is 4.14. The SMILES string of the molecule is Cc1csc2c(C#N)c(C=O)ccc12. The van der Waals surface area contributed by atoms with Crippen LogP contribution in [0.4, 0.5) is 0 Å². The Balaban J connectivity index is 2.93. The Labute approximate surface area is 85.4 Å². The molecule has 0 saturated carbocycles. The van der Waals surface area contributed by atoms with Crippen molar-refractivity contribution in [3.05, 3.63) is 34.2 Å². The lowest BCUT2D eigenvalue weighted by Crippen LogP contribution is -1.86. The highest BCUT2D eigenvalue weighted by Gasteiger charge is 2.09. The van der Waals surface area contributed by atoms with Crippen LogP contribution < -0.4 is 0 Å². The molecule has 0 aliphatic rings. The van der Waals surface area contributed by atoms with Crippen molar-refractivity contribution in [1.82, 2.24) is 0 Å². The number of benzene rings is 1. The Kier molecular flexibility index (Phi) is 2.06. The third-order valence-corrected chi connectivity index (χ3v) is 3.34. The van der Waals surface area contributed by atoms with Crippen LogP contribution in [0.1, 0.15) is 21.5 Å². The fourth-order valence-electron chi connectivity index (χ4n) is 1.46. The van der Waals surface area contributed by atoms with E-state index in [4.69, 9.17) is 5.26 Å². The molecule has 0 spiro atoms. The lowest BCUT2D eigenvalue weighted by molar-refractivity contribution is 0.112. The summed E-state index contributed by atoms with van der Waals surface area (Å²) < 4.78 is 0.912. The molecular formula is C11H7NOS. The Morgan fingerprint density at radius 2 is 2.29 bits per heavy atom. The number of carbonyl (C=O) groups excluding carboxylic acids is 1. The second-order valence-corrected chi connectivity index (χ2v) is 3.93. The van der Waals surface area contributed by atoms with Crippen molar-refractivity contribution in [2.45, 2.75) is 6.92 Å². The zero-order valence-corrected chi connectivity index (χ0v) is 8.39. The molecule has 0 unspecified atom stereocenters. The topological polar surface area (TPSA) is 40.9 Å². The summed E-state index contributed by atoms with van der Waals surface area (Å²) in [5.41, 5.74) is 2.12. The summed E-state index contributed by atoms with van der Waals surface area (Å²) in [6.07, 6.45) is 0.729. The minimum atomic E-state index is 0.474. The Morgan fingerprint density at radius 1 is 1.50 bits per heavy atom. The summed E-state index contributed by atoms with van der Waals surface area (Å²) in [6.45, 7) is 2.00. The van der Waals surface area contributed by atoms with Gasteiger partial charge in [-0.1, -0.05) is 6.07 Å². The van der Waals surface area contributed by atoms with Crippen LogP contribution in [0.2, 0.25) is 0 Å². The average Bonchev–Trinajstić information content (AvgIpc) is 2.59. The van der Waals surface area contributed by atoms with Gasteiger partial charge in [0.15, 0.2) is 6.29 Å². The molecular weight excluding hydrogens is 194 g/mol. The molecule has 0 N–H and O–H groups in total. The van der Waals surface area contributed by atoms with Gasteiger partial charge in [-0.05, 0) is 29.3 Å². The smallest absolute Gasteiger partial charge is 0.151 e. The first-order chi connectivity index (χ1) is 6.77. The van der Waals surface area contributed by atoms with E-state index < -0.39 is 0 Å². The van der Waals surface area contributed by atoms with Crippen molar-refractivity contribution >= 4 is 27.7 Å². The van der Waals surface area contributed by atoms with Gasteiger partial charge in [0.05, 0.1) is 10.3 Å². The van der Waals surface area contributed by atoms with Gasteiger partial charge in [0.25, 0.3) is 0 Å². The molecule has 1 heterocycles. The molecule has 0 amide bonds. The van der Waals surface area contributed by atoms with Gasteiger partial charge in [-0.25, -0.2) is 0 Å². The maximum atomic E-state index is 10.7. The van der Waals surface area contributed by atoms with Crippen LogP contribution in [0, 0.1) is 18.3 Å². The number of nitriles is 1. The third-order valence-electron chi connectivity index (χ3n) is 2.21. The van der Waals surface area contributed by atoms with Gasteiger partial charge in [-0.2, -0.15) is 5.26 Å². The zero-order valence-electron chi connectivity index (χ0n) is 7.57. The molecule has 2 rings (SSSR count). The van der Waals surface area contributed by atoms with Crippen LogP contribution in [0.5, 0.6) is 0 Å². The van der Waals surface area contributed by atoms with E-state index in [0.717, 1.165) is 21.9 Å². The second kappa shape index (κ2) is 3.24. The monoisotopic (exact) mass is 201 g/mol. The molecule has 0 radical (unpaired) electrons. The van der Waals surface area contributed by atoms with Crippen LogP contribution in [0.25, 0.3) is 10.1 Å². The number of fused-ring (bicyclic) bond motifs is 1. The number of hydrogen-bond acceptors (Lipinski definition) is 3. The van der Waals surface area contributed by atoms with Gasteiger partial charge >= 0.3 is 0 Å². The van der Waals surface area contributed by atoms with Crippen molar-refractivity contribution in [3.8, 4) is 6.07 Å². The zero-order chi connectivity index (χ0) is 10.1. The molecule has 14 heavy (non-hydrogen) atoms. The number of aldehydes is 1. The highest BCUT2D eigenvalue weighted by atomic mass is 32.1. The third kappa shape index (κ3) is 1.12. The summed E-state index contributed by atoms with van der Waals surface area (Å²) >= 11 is 1.51. The highest BCUT2D eigenvalue weighted by Crippen LogP contribution is 2.29. The van der Waals surface area contributed by atoms with E-state index in [9.17, 15) is 4.79 Å². The van der Waals surface area contributed by atoms with Crippen LogP contribution >= 0.6 is 11.3 Å². The molecule has 0 aliphatic heterocycles. The van der Waals surface area contributed by atoms with E-state index in [1.807, 2.05) is 18.4 Å². The fourth-order valence-corrected chi connectivity index (χ4v) is 2.51. The molecule has 0 aliphatic carbocycles. The Hall–Kier alpha value is -1.66. The molecule has 3 heteroatoms. The summed E-state index contributed by atoms with van der Waals surface area (Å²) in [5, 5.41) is 12.0. The molecule has 1 aromatic carbocycles. The predicted octanol–water partition coefficient (Wildman–Crippen LogP) is 2.89. The maximum Gasteiger partial charge on any atom is 0.151 e. The minimum Gasteiger partial charge on any atom is -0.298 e. The normalized spacial score (nSPS) is 10.0. The average molecular weight is 201 g/mol. The molecule has 2 nitrogen and oxygen atoms in total. The molecule has 68 valence electrons. The van der Waals surface area contributed by atoms with Gasteiger partial charge < -0.3 is 0 Å². The Bertz CT molecular complexity index is 548. The predicted molar refractivity (Wildman–Crippen MR) is 56.7 cm³/mol. The summed E-state index contributed by atoms with van der Waals surface area (Å²) in [4.78, 5) is 10.7. The maximum absolute atomic E-state index is 10.7. The van der Waals surface area contributed by atoms with E-state index in [1.165, 1.54) is 11.3 Å². The van der Waals surface area contributed by atoms with Crippen molar-refractivity contribution in [2.24, 2.45) is 0 Å². The van der Waals surface area contributed by atoms with Crippen LogP contribution in [0.15, 0.2) is 17.5 Å². The van der Waals surface area contributed by atoms with E-state index in [2.05, 4.69) is 6.07 Å². The molecule has 0 saturated heterocycles. The standard InChI is InChI=1S/C11H7NOS/c1-7-6-14-11-9(7)3-2-8(5-13)10(11)4-12/h2-3,5-6H,1H3. The van der Waals surface area contributed by atoms with Crippen molar-refractivity contribution < 1.29 is 4.79 Å². The molecule has 0 bridgehead atoms. The second-order valence-electron chi connectivity index (χ2n) is 3.05. The summed E-state index contributed by atoms with van der Waals surface area (Å²) in [5.74, 6) is 0. The van der Waals surface area contributed by atoms with Crippen molar-refractivity contribution in [2.75, 3.05) is 0 Å². The van der Waals surface area contributed by atoms with Crippen LogP contribution in [0.3, 0.4) is 0 Å². The molecule has 2 aromatic rings. The van der Waals surface area contributed by atoms with Crippen molar-refractivity contribution in [3.63, 3.8) is 0 Å². The van der Waals surface area contributed by atoms with Crippen molar-refractivity contribution in [1.29, 1.82) is 5.26 Å². The summed E-state index contributed by atoms with van der Waals surface area (Å²) in [6, 6.07) is 5.68. The first-order valence-corrected chi connectivity index (χ1v) is 5.02. The molecule has 1 aromatic heterocycles. The number of rotatable bonds is 1. The van der Waals surface area contributed by atoms with Crippen LogP contribution in [-0.2, 0) is 0 Å². The van der Waals surface area contributed by atoms with E-state index >= 15 is 0 Å². The minimum absolute atomic E-state index is 0.474. The fraction of sp³-hybridized carbons (Fsp3) is 0.0909. The van der Waals surface area contributed by atoms with E-state index in [0.29, 0.717) is 11.1 Å². The Morgan fingerprint density at radius 3 is 2.93 bits per heavy atom. The van der Waals surface area contributed by atoms with Gasteiger partial charge in [0.1, 0.15) is 6.07 Å².